The van der Waals surface area contributed by atoms with Gasteiger partial charge in [-0.3, -0.25) is 9.59 Å². The van der Waals surface area contributed by atoms with E-state index in [4.69, 9.17) is 18.9 Å². The number of rotatable bonds is 18. The number of carbonyl (C=O) groups is 2. The summed E-state index contributed by atoms with van der Waals surface area (Å²) in [5, 5.41) is 6.16. The number of unbranched alkanes of at least 4 members (excludes halogenated alkanes) is 6. The van der Waals surface area contributed by atoms with E-state index in [1.807, 2.05) is 12.2 Å². The van der Waals surface area contributed by atoms with Crippen molar-refractivity contribution in [2.45, 2.75) is 134 Å². The van der Waals surface area contributed by atoms with Gasteiger partial charge in [0.25, 0.3) is 0 Å². The summed E-state index contributed by atoms with van der Waals surface area (Å²) in [5.41, 5.74) is 0. The highest BCUT2D eigenvalue weighted by Gasteiger charge is 2.28. The van der Waals surface area contributed by atoms with Crippen LogP contribution in [0.5, 0.6) is 0 Å². The van der Waals surface area contributed by atoms with Crippen molar-refractivity contribution in [2.75, 3.05) is 26.4 Å². The first kappa shape index (κ1) is 31.8. The van der Waals surface area contributed by atoms with E-state index in [9.17, 15) is 9.59 Å². The summed E-state index contributed by atoms with van der Waals surface area (Å²) in [4.78, 5) is 24.8. The average Bonchev–Trinajstić information content (AvgIpc) is 3.38. The summed E-state index contributed by atoms with van der Waals surface area (Å²) >= 11 is 0. The molecule has 2 saturated heterocycles. The van der Waals surface area contributed by atoms with Gasteiger partial charge >= 0.3 is 0 Å². The molecule has 2 aliphatic heterocycles. The molecule has 0 aromatic carbocycles. The Balaban J connectivity index is 1.17. The number of nitrogens with one attached hydrogen (secondary N) is 2. The second-order valence-corrected chi connectivity index (χ2v) is 11.0. The quantitative estimate of drug-likeness (QED) is 0.174. The van der Waals surface area contributed by atoms with Gasteiger partial charge < -0.3 is 29.6 Å². The molecule has 3 rings (SSSR count). The molecule has 39 heavy (non-hydrogen) atoms. The van der Waals surface area contributed by atoms with E-state index in [1.54, 1.807) is 12.2 Å². The number of hydrogen-bond donors (Lipinski definition) is 2. The zero-order chi connectivity index (χ0) is 27.4. The third kappa shape index (κ3) is 14.5. The Morgan fingerprint density at radius 1 is 0.615 bits per heavy atom. The lowest BCUT2D eigenvalue weighted by Crippen LogP contribution is -2.47. The maximum atomic E-state index is 12.4. The number of allylic oxidation sites excluding steroid dienone is 2. The lowest BCUT2D eigenvalue weighted by atomic mass is 10.1. The molecule has 0 radical (unpaired) electrons. The van der Waals surface area contributed by atoms with Crippen LogP contribution in [0.3, 0.4) is 0 Å². The van der Waals surface area contributed by atoms with Crippen molar-refractivity contribution in [2.24, 2.45) is 0 Å². The summed E-state index contributed by atoms with van der Waals surface area (Å²) in [6.07, 6.45) is 24.6. The average molecular weight is 549 g/mol. The lowest BCUT2D eigenvalue weighted by molar-refractivity contribution is -0.163. The van der Waals surface area contributed by atoms with Gasteiger partial charge in [-0.15, -0.1) is 0 Å². The van der Waals surface area contributed by atoms with Gasteiger partial charge in [-0.25, -0.2) is 0 Å². The highest BCUT2D eigenvalue weighted by atomic mass is 16.7. The van der Waals surface area contributed by atoms with Crippen molar-refractivity contribution < 1.29 is 28.5 Å². The topological polar surface area (TPSA) is 95.1 Å². The molecule has 0 aromatic rings. The van der Waals surface area contributed by atoms with Crippen LogP contribution in [0.25, 0.3) is 0 Å². The van der Waals surface area contributed by atoms with Gasteiger partial charge in [-0.05, 0) is 108 Å². The van der Waals surface area contributed by atoms with Crippen LogP contribution in [-0.2, 0) is 28.5 Å². The third-order valence-electron chi connectivity index (χ3n) is 7.62. The molecular formula is C31H52N2O6. The highest BCUT2D eigenvalue weighted by Crippen LogP contribution is 2.19. The molecule has 222 valence electrons. The number of carbonyl (C=O) groups excluding carboxylic acids is 2. The van der Waals surface area contributed by atoms with E-state index in [1.165, 1.54) is 12.8 Å². The minimum atomic E-state index is -0.0755. The van der Waals surface area contributed by atoms with E-state index in [2.05, 4.69) is 10.6 Å². The van der Waals surface area contributed by atoms with E-state index in [-0.39, 0.29) is 36.5 Å². The first-order valence-corrected chi connectivity index (χ1v) is 15.6. The summed E-state index contributed by atoms with van der Waals surface area (Å²) in [5.74, 6) is -0.151. The number of ether oxygens (including phenoxy) is 4. The Morgan fingerprint density at radius 3 is 1.54 bits per heavy atom. The zero-order valence-electron chi connectivity index (χ0n) is 23.9. The van der Waals surface area contributed by atoms with E-state index in [0.717, 1.165) is 123 Å². The summed E-state index contributed by atoms with van der Waals surface area (Å²) in [7, 11) is 0. The molecule has 0 spiro atoms. The monoisotopic (exact) mass is 548 g/mol. The van der Waals surface area contributed by atoms with Gasteiger partial charge in [0.1, 0.15) is 0 Å². The van der Waals surface area contributed by atoms with Crippen molar-refractivity contribution in [1.82, 2.24) is 10.6 Å². The molecule has 2 heterocycles. The van der Waals surface area contributed by atoms with Gasteiger partial charge in [0, 0.05) is 38.5 Å². The third-order valence-corrected chi connectivity index (χ3v) is 7.62. The van der Waals surface area contributed by atoms with Crippen molar-refractivity contribution in [3.63, 3.8) is 0 Å². The first-order valence-electron chi connectivity index (χ1n) is 15.6. The number of hydrogen-bond acceptors (Lipinski definition) is 6. The fraction of sp³-hybridized carbons (Fsp3) is 0.806. The molecule has 2 amide bonds. The van der Waals surface area contributed by atoms with E-state index in [0.29, 0.717) is 0 Å². The molecule has 0 aromatic heterocycles. The SMILES string of the molecule is O=C(C=CCCCCCOC1CCCCO1)N[C@H]1CCC[C@H]1NC(=O)C=CCCCCCOC1CCCCO1. The maximum Gasteiger partial charge on any atom is 0.243 e. The largest absolute Gasteiger partial charge is 0.353 e. The fourth-order valence-corrected chi connectivity index (χ4v) is 5.34. The summed E-state index contributed by atoms with van der Waals surface area (Å²) in [6.45, 7) is 3.11. The molecule has 2 unspecified atom stereocenters. The zero-order valence-corrected chi connectivity index (χ0v) is 23.9. The molecule has 2 N–H and O–H groups in total. The van der Waals surface area contributed by atoms with Crippen LogP contribution in [0, 0.1) is 0 Å². The molecule has 1 saturated carbocycles. The molecule has 8 nitrogen and oxygen atoms in total. The predicted octanol–water partition coefficient (Wildman–Crippen LogP) is 5.46. The number of amides is 2. The summed E-state index contributed by atoms with van der Waals surface area (Å²) in [6, 6.07) is -0.0152. The van der Waals surface area contributed by atoms with Crippen molar-refractivity contribution in [1.29, 1.82) is 0 Å². The van der Waals surface area contributed by atoms with Crippen LogP contribution in [0.2, 0.25) is 0 Å². The second kappa shape index (κ2) is 20.2. The van der Waals surface area contributed by atoms with E-state index >= 15 is 0 Å². The minimum Gasteiger partial charge on any atom is -0.353 e. The predicted molar refractivity (Wildman–Crippen MR) is 152 cm³/mol. The smallest absolute Gasteiger partial charge is 0.243 e. The molecule has 0 bridgehead atoms. The highest BCUT2D eigenvalue weighted by molar-refractivity contribution is 5.89. The molecule has 3 fully saturated rings. The van der Waals surface area contributed by atoms with Crippen molar-refractivity contribution >= 4 is 11.8 Å². The van der Waals surface area contributed by atoms with Crippen LogP contribution >= 0.6 is 0 Å². The second-order valence-electron chi connectivity index (χ2n) is 11.0. The van der Waals surface area contributed by atoms with Crippen LogP contribution in [-0.4, -0.2) is 62.9 Å². The normalized spacial score (nSPS) is 25.8. The standard InChI is InChI=1S/C31H52N2O6/c34-28(18-7-3-1-5-11-22-36-30-20-9-13-24-38-30)32-26-16-15-17-27(26)33-29(35)19-8-4-2-6-12-23-37-31-21-10-14-25-39-31/h7-8,18-19,26-27,30-31H,1-6,9-17,20-25H2,(H,32,34)(H,33,35)/t26-,27+,30?,31?. The van der Waals surface area contributed by atoms with Crippen LogP contribution in [0.15, 0.2) is 24.3 Å². The van der Waals surface area contributed by atoms with Crippen molar-refractivity contribution in [3.05, 3.63) is 24.3 Å². The van der Waals surface area contributed by atoms with Gasteiger partial charge in [0.15, 0.2) is 12.6 Å². The van der Waals surface area contributed by atoms with Gasteiger partial charge in [0.05, 0.1) is 0 Å². The minimum absolute atomic E-state index is 0.00759. The van der Waals surface area contributed by atoms with Crippen molar-refractivity contribution in [3.8, 4) is 0 Å². The molecule has 8 heteroatoms. The van der Waals surface area contributed by atoms with Crippen LogP contribution < -0.4 is 10.6 Å². The molecular weight excluding hydrogens is 496 g/mol. The Morgan fingerprint density at radius 2 is 1.10 bits per heavy atom. The Labute approximate surface area is 235 Å². The van der Waals surface area contributed by atoms with Gasteiger partial charge in [-0.1, -0.05) is 25.0 Å². The Bertz CT molecular complexity index is 671. The van der Waals surface area contributed by atoms with Gasteiger partial charge in [-0.2, -0.15) is 0 Å². The lowest BCUT2D eigenvalue weighted by Gasteiger charge is -2.22. The maximum absolute atomic E-state index is 12.4. The molecule has 4 atom stereocenters. The summed E-state index contributed by atoms with van der Waals surface area (Å²) < 4.78 is 22.7. The Kier molecular flexibility index (Phi) is 16.4. The molecule has 3 aliphatic rings. The van der Waals surface area contributed by atoms with Crippen LogP contribution in [0.1, 0.15) is 109 Å². The molecule has 1 aliphatic carbocycles. The van der Waals surface area contributed by atoms with Crippen LogP contribution in [0.4, 0.5) is 0 Å². The Hall–Kier alpha value is -1.74. The fourth-order valence-electron chi connectivity index (χ4n) is 5.34. The first-order chi connectivity index (χ1) is 19.2. The van der Waals surface area contributed by atoms with E-state index < -0.39 is 0 Å². The van der Waals surface area contributed by atoms with Gasteiger partial charge in [0.2, 0.25) is 11.8 Å².